The molecule has 0 spiro atoms. The second-order valence-corrected chi connectivity index (χ2v) is 5.84. The summed E-state index contributed by atoms with van der Waals surface area (Å²) in [5.41, 5.74) is 5.99. The van der Waals surface area contributed by atoms with Crippen LogP contribution >= 0.6 is 11.6 Å². The first-order chi connectivity index (χ1) is 8.89. The van der Waals surface area contributed by atoms with Gasteiger partial charge in [-0.25, -0.2) is 8.42 Å². The molecule has 0 aromatic heterocycles. The molecule has 0 fully saturated rings. The van der Waals surface area contributed by atoms with Crippen LogP contribution in [0, 0.1) is 0 Å². The van der Waals surface area contributed by atoms with Gasteiger partial charge < -0.3 is 15.7 Å². The Labute approximate surface area is 116 Å². The molecule has 106 valence electrons. The molecule has 0 bridgehead atoms. The number of benzene rings is 1. The predicted octanol–water partition coefficient (Wildman–Crippen LogP) is 0.823. The van der Waals surface area contributed by atoms with Crippen molar-refractivity contribution < 1.29 is 18.4 Å². The van der Waals surface area contributed by atoms with E-state index in [9.17, 15) is 8.42 Å². The summed E-state index contributed by atoms with van der Waals surface area (Å²) < 4.78 is 30.3. The van der Waals surface area contributed by atoms with Crippen molar-refractivity contribution in [3.8, 4) is 0 Å². The SMILES string of the molecule is COCCS(=O)(=O)Nc1ccc(/C(N)=N/O)cc1Cl. The number of amidine groups is 1. The monoisotopic (exact) mass is 307 g/mol. The quantitative estimate of drug-likeness (QED) is 0.311. The molecule has 0 saturated heterocycles. The lowest BCUT2D eigenvalue weighted by Crippen LogP contribution is -2.20. The van der Waals surface area contributed by atoms with Gasteiger partial charge in [0.2, 0.25) is 10.0 Å². The van der Waals surface area contributed by atoms with Gasteiger partial charge in [0, 0.05) is 12.7 Å². The molecule has 1 aromatic rings. The standard InChI is InChI=1S/C10H14ClN3O4S/c1-18-4-5-19(16,17)14-9-3-2-7(6-8(9)11)10(12)13-15/h2-3,6,14-15H,4-5H2,1H3,(H2,12,13). The van der Waals surface area contributed by atoms with E-state index in [0.717, 1.165) is 0 Å². The lowest BCUT2D eigenvalue weighted by Gasteiger charge is -2.10. The van der Waals surface area contributed by atoms with Crippen LogP contribution in [0.1, 0.15) is 5.56 Å². The highest BCUT2D eigenvalue weighted by molar-refractivity contribution is 7.92. The van der Waals surface area contributed by atoms with Crippen molar-refractivity contribution >= 4 is 33.1 Å². The molecule has 0 atom stereocenters. The van der Waals surface area contributed by atoms with Gasteiger partial charge in [0.15, 0.2) is 5.84 Å². The van der Waals surface area contributed by atoms with E-state index in [4.69, 9.17) is 27.3 Å². The number of ether oxygens (including phenoxy) is 1. The van der Waals surface area contributed by atoms with Gasteiger partial charge in [0.1, 0.15) is 0 Å². The zero-order chi connectivity index (χ0) is 14.5. The Morgan fingerprint density at radius 3 is 2.79 bits per heavy atom. The zero-order valence-corrected chi connectivity index (χ0v) is 11.7. The highest BCUT2D eigenvalue weighted by Gasteiger charge is 2.13. The Bertz CT molecular complexity index is 574. The van der Waals surface area contributed by atoms with Crippen LogP contribution in [0.2, 0.25) is 5.02 Å². The minimum atomic E-state index is -3.53. The molecule has 1 rings (SSSR count). The summed E-state index contributed by atoms with van der Waals surface area (Å²) in [5.74, 6) is -0.294. The Balaban J connectivity index is 2.92. The number of rotatable bonds is 6. The fraction of sp³-hybridized carbons (Fsp3) is 0.300. The second-order valence-electron chi connectivity index (χ2n) is 3.59. The number of methoxy groups -OCH3 is 1. The van der Waals surface area contributed by atoms with Crippen molar-refractivity contribution in [2.45, 2.75) is 0 Å². The molecular weight excluding hydrogens is 294 g/mol. The van der Waals surface area contributed by atoms with Crippen LogP contribution in [0.15, 0.2) is 23.4 Å². The number of nitrogens with two attached hydrogens (primary N) is 1. The average Bonchev–Trinajstić information content (AvgIpc) is 2.37. The summed E-state index contributed by atoms with van der Waals surface area (Å²) in [6.07, 6.45) is 0. The van der Waals surface area contributed by atoms with E-state index in [2.05, 4.69) is 9.88 Å². The van der Waals surface area contributed by atoms with Crippen molar-refractivity contribution in [3.63, 3.8) is 0 Å². The summed E-state index contributed by atoms with van der Waals surface area (Å²) >= 11 is 5.92. The van der Waals surface area contributed by atoms with Gasteiger partial charge in [-0.1, -0.05) is 16.8 Å². The van der Waals surface area contributed by atoms with Gasteiger partial charge in [0.05, 0.1) is 23.1 Å². The largest absolute Gasteiger partial charge is 0.409 e. The van der Waals surface area contributed by atoms with Crippen LogP contribution < -0.4 is 10.5 Å². The second kappa shape index (κ2) is 6.60. The number of nitrogens with zero attached hydrogens (tertiary/aromatic N) is 1. The summed E-state index contributed by atoms with van der Waals surface area (Å²) in [6, 6.07) is 4.31. The summed E-state index contributed by atoms with van der Waals surface area (Å²) in [5, 5.41) is 11.5. The first kappa shape index (κ1) is 15.5. The average molecular weight is 308 g/mol. The van der Waals surface area contributed by atoms with E-state index in [1.165, 1.54) is 25.3 Å². The molecule has 9 heteroatoms. The maximum absolute atomic E-state index is 11.6. The number of oxime groups is 1. The fourth-order valence-corrected chi connectivity index (χ4v) is 2.51. The van der Waals surface area contributed by atoms with Crippen LogP contribution in [-0.2, 0) is 14.8 Å². The smallest absolute Gasteiger partial charge is 0.235 e. The molecule has 0 aliphatic heterocycles. The minimum Gasteiger partial charge on any atom is -0.409 e. The molecule has 0 unspecified atom stereocenters. The molecular formula is C10H14ClN3O4S. The summed E-state index contributed by atoms with van der Waals surface area (Å²) in [4.78, 5) is 0. The summed E-state index contributed by atoms with van der Waals surface area (Å²) in [6.45, 7) is 0.0785. The van der Waals surface area contributed by atoms with Crippen LogP contribution in [0.4, 0.5) is 5.69 Å². The molecule has 1 aromatic carbocycles. The maximum atomic E-state index is 11.6. The Morgan fingerprint density at radius 2 is 2.26 bits per heavy atom. The first-order valence-electron chi connectivity index (χ1n) is 5.16. The van der Waals surface area contributed by atoms with E-state index in [1.54, 1.807) is 0 Å². The van der Waals surface area contributed by atoms with Gasteiger partial charge in [-0.2, -0.15) is 0 Å². The van der Waals surface area contributed by atoms with Crippen LogP contribution in [0.25, 0.3) is 0 Å². The van der Waals surface area contributed by atoms with Crippen molar-refractivity contribution in [1.29, 1.82) is 0 Å². The first-order valence-corrected chi connectivity index (χ1v) is 7.19. The Morgan fingerprint density at radius 1 is 1.58 bits per heavy atom. The number of anilines is 1. The minimum absolute atomic E-state index is 0.0785. The van der Waals surface area contributed by atoms with Gasteiger partial charge in [0.25, 0.3) is 0 Å². The number of hydrogen-bond donors (Lipinski definition) is 3. The molecule has 0 aliphatic rings. The van der Waals surface area contributed by atoms with E-state index >= 15 is 0 Å². The van der Waals surface area contributed by atoms with Gasteiger partial charge in [-0.3, -0.25) is 4.72 Å². The highest BCUT2D eigenvalue weighted by atomic mass is 35.5. The molecule has 4 N–H and O–H groups in total. The molecule has 7 nitrogen and oxygen atoms in total. The lowest BCUT2D eigenvalue weighted by molar-refractivity contribution is 0.217. The molecule has 0 radical (unpaired) electrons. The molecule has 0 saturated carbocycles. The third-order valence-corrected chi connectivity index (χ3v) is 3.74. The Hall–Kier alpha value is -1.51. The number of halogens is 1. The van der Waals surface area contributed by atoms with Crippen LogP contribution in [0.3, 0.4) is 0 Å². The lowest BCUT2D eigenvalue weighted by atomic mass is 10.2. The van der Waals surface area contributed by atoms with Crippen LogP contribution in [-0.4, -0.2) is 38.9 Å². The molecule has 0 amide bonds. The van der Waals surface area contributed by atoms with Crippen LogP contribution in [0.5, 0.6) is 0 Å². The van der Waals surface area contributed by atoms with E-state index in [1.807, 2.05) is 0 Å². The Kier molecular flexibility index (Phi) is 5.40. The van der Waals surface area contributed by atoms with Crippen molar-refractivity contribution in [3.05, 3.63) is 28.8 Å². The van der Waals surface area contributed by atoms with E-state index in [0.29, 0.717) is 5.56 Å². The zero-order valence-electron chi connectivity index (χ0n) is 10.1. The molecule has 19 heavy (non-hydrogen) atoms. The van der Waals surface area contributed by atoms with Crippen molar-refractivity contribution in [1.82, 2.24) is 0 Å². The highest BCUT2D eigenvalue weighted by Crippen LogP contribution is 2.24. The van der Waals surface area contributed by atoms with Crippen molar-refractivity contribution in [2.24, 2.45) is 10.9 Å². The molecule has 0 heterocycles. The van der Waals surface area contributed by atoms with Crippen molar-refractivity contribution in [2.75, 3.05) is 24.2 Å². The van der Waals surface area contributed by atoms with Gasteiger partial charge >= 0.3 is 0 Å². The van der Waals surface area contributed by atoms with E-state index in [-0.39, 0.29) is 28.9 Å². The maximum Gasteiger partial charge on any atom is 0.235 e. The third-order valence-electron chi connectivity index (χ3n) is 2.19. The summed E-state index contributed by atoms with van der Waals surface area (Å²) in [7, 11) is -2.12. The van der Waals surface area contributed by atoms with Gasteiger partial charge in [-0.15, -0.1) is 0 Å². The number of nitrogens with one attached hydrogen (secondary N) is 1. The normalized spacial score (nSPS) is 12.4. The number of hydrogen-bond acceptors (Lipinski definition) is 5. The fourth-order valence-electron chi connectivity index (χ4n) is 1.23. The molecule has 0 aliphatic carbocycles. The predicted molar refractivity (Wildman–Crippen MR) is 73.2 cm³/mol. The third kappa shape index (κ3) is 4.58. The topological polar surface area (TPSA) is 114 Å². The van der Waals surface area contributed by atoms with E-state index < -0.39 is 10.0 Å². The number of sulfonamides is 1. The van der Waals surface area contributed by atoms with Gasteiger partial charge in [-0.05, 0) is 18.2 Å².